The molecule has 3 heterocycles. The largest absolute Gasteiger partial charge is 0.381 e. The Morgan fingerprint density at radius 1 is 1.37 bits per heavy atom. The smallest absolute Gasteiger partial charge is 0.326 e. The average molecular weight is 281 g/mol. The Kier molecular flexibility index (Phi) is 3.22. The van der Waals surface area contributed by atoms with Gasteiger partial charge in [-0.2, -0.15) is 0 Å². The number of ether oxygens (including phenoxy) is 1. The number of rotatable bonds is 1. The number of aryl methyl sites for hydroxylation is 1. The summed E-state index contributed by atoms with van der Waals surface area (Å²) in [6, 6.07) is 0.0718. The zero-order valence-corrected chi connectivity index (χ0v) is 12.2. The summed E-state index contributed by atoms with van der Waals surface area (Å²) in [7, 11) is 1.92. The SMILES string of the molecule is Cc1csc(N2CCC3(CCOCC3)N(C)C2=O)n1. The second kappa shape index (κ2) is 4.76. The highest BCUT2D eigenvalue weighted by atomic mass is 32.1. The van der Waals surface area contributed by atoms with Gasteiger partial charge in [-0.25, -0.2) is 9.78 Å². The first kappa shape index (κ1) is 12.9. The van der Waals surface area contributed by atoms with Crippen molar-refractivity contribution in [3.8, 4) is 0 Å². The molecule has 2 amide bonds. The standard InChI is InChI=1S/C13H19N3O2S/c1-10-9-19-11(14-10)16-6-3-13(15(2)12(16)17)4-7-18-8-5-13/h9H,3-8H2,1-2H3. The molecule has 0 N–H and O–H groups in total. The molecule has 19 heavy (non-hydrogen) atoms. The van der Waals surface area contributed by atoms with E-state index in [0.29, 0.717) is 0 Å². The molecular formula is C13H19N3O2S. The van der Waals surface area contributed by atoms with Crippen LogP contribution < -0.4 is 4.90 Å². The molecule has 2 fully saturated rings. The van der Waals surface area contributed by atoms with E-state index in [1.807, 2.05) is 24.3 Å². The van der Waals surface area contributed by atoms with Crippen molar-refractivity contribution in [3.63, 3.8) is 0 Å². The normalized spacial score (nSPS) is 23.2. The van der Waals surface area contributed by atoms with Crippen LogP contribution in [-0.2, 0) is 4.74 Å². The highest BCUT2D eigenvalue weighted by Crippen LogP contribution is 2.36. The molecule has 0 radical (unpaired) electrons. The zero-order valence-electron chi connectivity index (χ0n) is 11.4. The maximum absolute atomic E-state index is 12.6. The summed E-state index contributed by atoms with van der Waals surface area (Å²) >= 11 is 1.54. The van der Waals surface area contributed by atoms with Gasteiger partial charge in [0.15, 0.2) is 5.13 Å². The summed E-state index contributed by atoms with van der Waals surface area (Å²) in [6.45, 7) is 4.23. The number of nitrogens with zero attached hydrogens (tertiary/aromatic N) is 3. The Morgan fingerprint density at radius 2 is 2.11 bits per heavy atom. The number of carbonyl (C=O) groups is 1. The summed E-state index contributed by atoms with van der Waals surface area (Å²) in [5.74, 6) is 0. The van der Waals surface area contributed by atoms with Gasteiger partial charge in [0, 0.05) is 32.2 Å². The second-order valence-corrected chi connectivity index (χ2v) is 6.19. The van der Waals surface area contributed by atoms with Gasteiger partial charge in [-0.1, -0.05) is 0 Å². The van der Waals surface area contributed by atoms with Gasteiger partial charge in [0.25, 0.3) is 0 Å². The van der Waals surface area contributed by atoms with Gasteiger partial charge >= 0.3 is 6.03 Å². The fraction of sp³-hybridized carbons (Fsp3) is 0.692. The lowest BCUT2D eigenvalue weighted by molar-refractivity contribution is -0.00997. The van der Waals surface area contributed by atoms with Gasteiger partial charge in [0.1, 0.15) is 0 Å². The lowest BCUT2D eigenvalue weighted by Crippen LogP contribution is -2.62. The van der Waals surface area contributed by atoms with E-state index in [2.05, 4.69) is 4.98 Å². The van der Waals surface area contributed by atoms with Crippen molar-refractivity contribution in [2.24, 2.45) is 0 Å². The summed E-state index contributed by atoms with van der Waals surface area (Å²) < 4.78 is 5.43. The Bertz CT molecular complexity index is 482. The van der Waals surface area contributed by atoms with Crippen molar-refractivity contribution in [2.45, 2.75) is 31.7 Å². The first-order valence-electron chi connectivity index (χ1n) is 6.68. The number of thiazole rings is 1. The Balaban J connectivity index is 1.81. The van der Waals surface area contributed by atoms with Crippen molar-refractivity contribution < 1.29 is 9.53 Å². The summed E-state index contributed by atoms with van der Waals surface area (Å²) in [5, 5.41) is 2.80. The molecule has 0 unspecified atom stereocenters. The lowest BCUT2D eigenvalue weighted by Gasteiger charge is -2.49. The second-order valence-electron chi connectivity index (χ2n) is 5.35. The van der Waals surface area contributed by atoms with Crippen molar-refractivity contribution >= 4 is 22.5 Å². The van der Waals surface area contributed by atoms with E-state index >= 15 is 0 Å². The third kappa shape index (κ3) is 2.12. The molecule has 6 heteroatoms. The molecule has 0 bridgehead atoms. The van der Waals surface area contributed by atoms with Gasteiger partial charge in [-0.3, -0.25) is 4.90 Å². The third-order valence-electron chi connectivity index (χ3n) is 4.29. The number of aromatic nitrogens is 1. The fourth-order valence-corrected chi connectivity index (χ4v) is 3.77. The molecule has 5 nitrogen and oxygen atoms in total. The van der Waals surface area contributed by atoms with Crippen LogP contribution in [0.15, 0.2) is 5.38 Å². The Morgan fingerprint density at radius 3 is 2.74 bits per heavy atom. The highest BCUT2D eigenvalue weighted by Gasteiger charge is 2.45. The Labute approximate surface area is 117 Å². The molecule has 2 aliphatic rings. The molecule has 104 valence electrons. The van der Waals surface area contributed by atoms with Crippen LogP contribution in [0.3, 0.4) is 0 Å². The predicted octanol–water partition coefficient (Wildman–Crippen LogP) is 2.26. The van der Waals surface area contributed by atoms with Crippen molar-refractivity contribution in [1.82, 2.24) is 9.88 Å². The first-order valence-corrected chi connectivity index (χ1v) is 7.56. The number of carbonyl (C=O) groups excluding carboxylic acids is 1. The average Bonchev–Trinajstić information content (AvgIpc) is 2.84. The van der Waals surface area contributed by atoms with Gasteiger partial charge in [0.2, 0.25) is 0 Å². The van der Waals surface area contributed by atoms with Gasteiger partial charge < -0.3 is 9.64 Å². The lowest BCUT2D eigenvalue weighted by atomic mass is 9.83. The molecule has 0 aromatic carbocycles. The van der Waals surface area contributed by atoms with Crippen LogP contribution in [0.1, 0.15) is 25.0 Å². The van der Waals surface area contributed by atoms with E-state index in [-0.39, 0.29) is 11.6 Å². The summed E-state index contributed by atoms with van der Waals surface area (Å²) in [5.41, 5.74) is 0.972. The Hall–Kier alpha value is -1.14. The fourth-order valence-electron chi connectivity index (χ4n) is 2.95. The highest BCUT2D eigenvalue weighted by molar-refractivity contribution is 7.14. The number of amides is 2. The van der Waals surface area contributed by atoms with Crippen molar-refractivity contribution in [3.05, 3.63) is 11.1 Å². The topological polar surface area (TPSA) is 45.7 Å². The molecule has 0 aliphatic carbocycles. The van der Waals surface area contributed by atoms with E-state index < -0.39 is 0 Å². The van der Waals surface area contributed by atoms with E-state index in [0.717, 1.165) is 49.8 Å². The monoisotopic (exact) mass is 281 g/mol. The van der Waals surface area contributed by atoms with Crippen LogP contribution >= 0.6 is 11.3 Å². The third-order valence-corrected chi connectivity index (χ3v) is 5.27. The first-order chi connectivity index (χ1) is 9.12. The molecular weight excluding hydrogens is 262 g/mol. The minimum atomic E-state index is -0.00185. The number of hydrogen-bond acceptors (Lipinski definition) is 4. The molecule has 1 aromatic heterocycles. The molecule has 0 saturated carbocycles. The van der Waals surface area contributed by atoms with E-state index in [1.54, 1.807) is 4.90 Å². The molecule has 2 aliphatic heterocycles. The van der Waals surface area contributed by atoms with Crippen LogP contribution in [0.25, 0.3) is 0 Å². The van der Waals surface area contributed by atoms with E-state index in [9.17, 15) is 4.79 Å². The summed E-state index contributed by atoms with van der Waals surface area (Å²) in [6.07, 6.45) is 2.89. The van der Waals surface area contributed by atoms with Crippen LogP contribution in [0.5, 0.6) is 0 Å². The molecule has 3 rings (SSSR count). The van der Waals surface area contributed by atoms with Crippen molar-refractivity contribution in [2.75, 3.05) is 31.7 Å². The van der Waals surface area contributed by atoms with Gasteiger partial charge in [-0.05, 0) is 26.2 Å². The van der Waals surface area contributed by atoms with Crippen molar-refractivity contribution in [1.29, 1.82) is 0 Å². The van der Waals surface area contributed by atoms with Gasteiger partial charge in [-0.15, -0.1) is 11.3 Å². The maximum atomic E-state index is 12.6. The van der Waals surface area contributed by atoms with E-state index in [1.165, 1.54) is 11.3 Å². The number of hydrogen-bond donors (Lipinski definition) is 0. The van der Waals surface area contributed by atoms with E-state index in [4.69, 9.17) is 4.74 Å². The molecule has 1 aromatic rings. The van der Waals surface area contributed by atoms with Crippen LogP contribution in [0.2, 0.25) is 0 Å². The molecule has 2 saturated heterocycles. The summed E-state index contributed by atoms with van der Waals surface area (Å²) in [4.78, 5) is 20.7. The number of anilines is 1. The minimum Gasteiger partial charge on any atom is -0.381 e. The van der Waals surface area contributed by atoms with Gasteiger partial charge in [0.05, 0.1) is 11.2 Å². The van der Waals surface area contributed by atoms with Crippen LogP contribution in [-0.4, -0.2) is 48.3 Å². The predicted molar refractivity (Wildman–Crippen MR) is 74.8 cm³/mol. The zero-order chi connectivity index (χ0) is 13.5. The van der Waals surface area contributed by atoms with Crippen LogP contribution in [0.4, 0.5) is 9.93 Å². The number of urea groups is 1. The quantitative estimate of drug-likeness (QED) is 0.793. The minimum absolute atomic E-state index is 0.00185. The maximum Gasteiger partial charge on any atom is 0.326 e. The van der Waals surface area contributed by atoms with Crippen LogP contribution in [0, 0.1) is 6.92 Å². The molecule has 0 atom stereocenters. The molecule has 1 spiro atoms.